The van der Waals surface area contributed by atoms with Gasteiger partial charge in [0.2, 0.25) is 5.91 Å². The number of hydrogen-bond acceptors (Lipinski definition) is 2. The lowest BCUT2D eigenvalue weighted by molar-refractivity contribution is -0.136. The molecule has 19 heavy (non-hydrogen) atoms. The van der Waals surface area contributed by atoms with Crippen LogP contribution < -0.4 is 5.73 Å². The van der Waals surface area contributed by atoms with Gasteiger partial charge in [-0.3, -0.25) is 4.79 Å². The first kappa shape index (κ1) is 14.0. The van der Waals surface area contributed by atoms with Gasteiger partial charge in [-0.1, -0.05) is 19.1 Å². The van der Waals surface area contributed by atoms with Crippen LogP contribution >= 0.6 is 0 Å². The number of nitrogens with zero attached hydrogens (tertiary/aromatic N) is 1. The minimum atomic E-state index is -0.249. The summed E-state index contributed by atoms with van der Waals surface area (Å²) >= 11 is 0. The summed E-state index contributed by atoms with van der Waals surface area (Å²) in [5.41, 5.74) is 6.62. The second kappa shape index (κ2) is 6.15. The van der Waals surface area contributed by atoms with Crippen LogP contribution in [0.4, 0.5) is 4.39 Å². The van der Waals surface area contributed by atoms with Crippen molar-refractivity contribution in [3.05, 3.63) is 35.6 Å². The smallest absolute Gasteiger partial charge is 0.227 e. The Bertz CT molecular complexity index is 424. The molecule has 2 N–H and O–H groups in total. The Morgan fingerprint density at radius 1 is 1.42 bits per heavy atom. The normalized spacial score (nSPS) is 16.2. The van der Waals surface area contributed by atoms with Gasteiger partial charge in [-0.25, -0.2) is 4.39 Å². The molecule has 0 radical (unpaired) electrons. The van der Waals surface area contributed by atoms with Gasteiger partial charge >= 0.3 is 0 Å². The van der Waals surface area contributed by atoms with E-state index in [1.807, 2.05) is 11.8 Å². The summed E-state index contributed by atoms with van der Waals surface area (Å²) in [7, 11) is 0. The highest BCUT2D eigenvalue weighted by molar-refractivity contribution is 5.79. The van der Waals surface area contributed by atoms with E-state index in [0.29, 0.717) is 19.1 Å². The molecular weight excluding hydrogens is 243 g/mol. The van der Waals surface area contributed by atoms with Crippen molar-refractivity contribution in [3.63, 3.8) is 0 Å². The Balaban J connectivity index is 2.08. The maximum atomic E-state index is 12.9. The van der Waals surface area contributed by atoms with E-state index >= 15 is 0 Å². The molecule has 1 fully saturated rings. The van der Waals surface area contributed by atoms with E-state index in [2.05, 4.69) is 0 Å². The van der Waals surface area contributed by atoms with E-state index in [9.17, 15) is 9.18 Å². The maximum Gasteiger partial charge on any atom is 0.227 e. The zero-order valence-corrected chi connectivity index (χ0v) is 11.3. The lowest BCUT2D eigenvalue weighted by Gasteiger charge is -2.26. The summed E-state index contributed by atoms with van der Waals surface area (Å²) in [6.45, 7) is 2.93. The van der Waals surface area contributed by atoms with Crippen molar-refractivity contribution in [3.8, 4) is 0 Å². The molecule has 104 valence electrons. The molecule has 4 heteroatoms. The first-order chi connectivity index (χ1) is 9.15. The molecular formula is C15H21FN2O. The van der Waals surface area contributed by atoms with E-state index in [1.165, 1.54) is 12.1 Å². The number of nitrogens with two attached hydrogens (primary N) is 1. The van der Waals surface area contributed by atoms with Crippen molar-refractivity contribution in [2.75, 3.05) is 6.54 Å². The zero-order valence-electron chi connectivity index (χ0n) is 11.3. The molecule has 0 spiro atoms. The second-order valence-corrected chi connectivity index (χ2v) is 5.16. The number of carbonyl (C=O) groups is 1. The lowest BCUT2D eigenvalue weighted by atomic mass is 10.0. The molecule has 1 unspecified atom stereocenters. The van der Waals surface area contributed by atoms with Crippen LogP contribution in [-0.4, -0.2) is 23.4 Å². The van der Waals surface area contributed by atoms with Crippen LogP contribution in [0.1, 0.15) is 31.7 Å². The second-order valence-electron chi connectivity index (χ2n) is 5.16. The molecule has 1 amide bonds. The Hall–Kier alpha value is -1.42. The van der Waals surface area contributed by atoms with Crippen LogP contribution in [0.3, 0.4) is 0 Å². The molecule has 0 aromatic heterocycles. The highest BCUT2D eigenvalue weighted by Gasteiger charge is 2.34. The first-order valence-electron chi connectivity index (χ1n) is 6.90. The van der Waals surface area contributed by atoms with Crippen LogP contribution in [-0.2, 0) is 11.3 Å². The largest absolute Gasteiger partial charge is 0.335 e. The number of benzene rings is 1. The summed E-state index contributed by atoms with van der Waals surface area (Å²) in [4.78, 5) is 14.3. The van der Waals surface area contributed by atoms with E-state index in [-0.39, 0.29) is 17.6 Å². The van der Waals surface area contributed by atoms with E-state index in [0.717, 1.165) is 24.8 Å². The molecule has 2 rings (SSSR count). The molecule has 0 heterocycles. The van der Waals surface area contributed by atoms with Crippen molar-refractivity contribution in [2.45, 2.75) is 38.8 Å². The predicted molar refractivity (Wildman–Crippen MR) is 72.8 cm³/mol. The standard InChI is InChI=1S/C15H21FN2O/c1-2-12(9-17)15(19)18(14-7-8-14)10-11-3-5-13(16)6-4-11/h3-6,12,14H,2,7-10,17H2,1H3. The highest BCUT2D eigenvalue weighted by Crippen LogP contribution is 2.30. The zero-order chi connectivity index (χ0) is 13.8. The number of hydrogen-bond donors (Lipinski definition) is 1. The topological polar surface area (TPSA) is 46.3 Å². The van der Waals surface area contributed by atoms with Gasteiger partial charge in [0.25, 0.3) is 0 Å². The van der Waals surface area contributed by atoms with Crippen LogP contribution in [0, 0.1) is 11.7 Å². The van der Waals surface area contributed by atoms with Gasteiger partial charge in [-0.2, -0.15) is 0 Å². The first-order valence-corrected chi connectivity index (χ1v) is 6.90. The molecule has 1 aliphatic carbocycles. The van der Waals surface area contributed by atoms with Gasteiger partial charge in [0, 0.05) is 19.1 Å². The molecule has 0 saturated heterocycles. The fraction of sp³-hybridized carbons (Fsp3) is 0.533. The van der Waals surface area contributed by atoms with Crippen LogP contribution in [0.5, 0.6) is 0 Å². The number of amides is 1. The molecule has 1 aliphatic rings. The lowest BCUT2D eigenvalue weighted by Crippen LogP contribution is -2.39. The van der Waals surface area contributed by atoms with E-state index in [1.54, 1.807) is 12.1 Å². The molecule has 1 saturated carbocycles. The van der Waals surface area contributed by atoms with Crippen LogP contribution in [0.15, 0.2) is 24.3 Å². The minimum absolute atomic E-state index is 0.0963. The van der Waals surface area contributed by atoms with Crippen molar-refractivity contribution in [2.24, 2.45) is 11.7 Å². The molecule has 0 aliphatic heterocycles. The Labute approximate surface area is 113 Å². The fourth-order valence-corrected chi connectivity index (χ4v) is 2.24. The Kier molecular flexibility index (Phi) is 4.53. The highest BCUT2D eigenvalue weighted by atomic mass is 19.1. The van der Waals surface area contributed by atoms with Gasteiger partial charge in [0.05, 0.1) is 5.92 Å². The third kappa shape index (κ3) is 3.53. The fourth-order valence-electron chi connectivity index (χ4n) is 2.24. The number of carbonyl (C=O) groups excluding carboxylic acids is 1. The van der Waals surface area contributed by atoms with Crippen molar-refractivity contribution in [1.82, 2.24) is 4.90 Å². The Morgan fingerprint density at radius 3 is 2.53 bits per heavy atom. The third-order valence-corrected chi connectivity index (χ3v) is 3.66. The predicted octanol–water partition coefficient (Wildman–Crippen LogP) is 2.30. The van der Waals surface area contributed by atoms with Gasteiger partial charge in [0.1, 0.15) is 5.82 Å². The summed E-state index contributed by atoms with van der Waals surface area (Å²) in [5, 5.41) is 0. The monoisotopic (exact) mass is 264 g/mol. The van der Waals surface area contributed by atoms with Gasteiger partial charge in [-0.15, -0.1) is 0 Å². The van der Waals surface area contributed by atoms with E-state index < -0.39 is 0 Å². The summed E-state index contributed by atoms with van der Waals surface area (Å²) in [5.74, 6) is -0.209. The summed E-state index contributed by atoms with van der Waals surface area (Å²) < 4.78 is 12.9. The van der Waals surface area contributed by atoms with Crippen LogP contribution in [0.2, 0.25) is 0 Å². The molecule has 1 aromatic rings. The van der Waals surface area contributed by atoms with Crippen molar-refractivity contribution in [1.29, 1.82) is 0 Å². The minimum Gasteiger partial charge on any atom is -0.335 e. The molecule has 1 aromatic carbocycles. The quantitative estimate of drug-likeness (QED) is 0.857. The average molecular weight is 264 g/mol. The van der Waals surface area contributed by atoms with Gasteiger partial charge in [-0.05, 0) is 37.0 Å². The van der Waals surface area contributed by atoms with Crippen LogP contribution in [0.25, 0.3) is 0 Å². The Morgan fingerprint density at radius 2 is 2.05 bits per heavy atom. The maximum absolute atomic E-state index is 12.9. The average Bonchev–Trinajstić information content (AvgIpc) is 3.23. The SMILES string of the molecule is CCC(CN)C(=O)N(Cc1ccc(F)cc1)C1CC1. The third-order valence-electron chi connectivity index (χ3n) is 3.66. The van der Waals surface area contributed by atoms with E-state index in [4.69, 9.17) is 5.73 Å². The molecule has 1 atom stereocenters. The van der Waals surface area contributed by atoms with Gasteiger partial charge in [0.15, 0.2) is 0 Å². The molecule has 3 nitrogen and oxygen atoms in total. The number of halogens is 1. The summed E-state index contributed by atoms with van der Waals surface area (Å²) in [6.07, 6.45) is 2.89. The molecule has 0 bridgehead atoms. The van der Waals surface area contributed by atoms with Gasteiger partial charge < -0.3 is 10.6 Å². The van der Waals surface area contributed by atoms with Crippen molar-refractivity contribution < 1.29 is 9.18 Å². The van der Waals surface area contributed by atoms with Crippen molar-refractivity contribution >= 4 is 5.91 Å². The summed E-state index contributed by atoms with van der Waals surface area (Å²) in [6, 6.07) is 6.69. The number of rotatable bonds is 6.